The zero-order valence-corrected chi connectivity index (χ0v) is 66.2. The Balaban J connectivity index is 0.688. The van der Waals surface area contributed by atoms with Crippen LogP contribution in [0.4, 0.5) is 4.39 Å². The second-order valence-electron chi connectivity index (χ2n) is 27.9. The van der Waals surface area contributed by atoms with Gasteiger partial charge in [0, 0.05) is 74.1 Å². The number of carbonyl (C=O) groups is 8. The number of unbranched alkanes of at least 4 members (excludes halogenated alkanes) is 2. The number of hydrogen-bond acceptors (Lipinski definition) is 26. The van der Waals surface area contributed by atoms with Gasteiger partial charge in [-0.1, -0.05) is 49.1 Å². The molecule has 5 heterocycles. The molecule has 0 saturated heterocycles. The van der Waals surface area contributed by atoms with E-state index in [1.807, 2.05) is 0 Å². The van der Waals surface area contributed by atoms with Crippen LogP contribution in [-0.2, 0) is 134 Å². The maximum absolute atomic E-state index is 15.8. The van der Waals surface area contributed by atoms with Crippen LogP contribution in [0.1, 0.15) is 122 Å². The van der Waals surface area contributed by atoms with Gasteiger partial charge in [-0.15, -0.1) is 0 Å². The largest absolute Gasteiger partial charge is 0.458 e. The summed E-state index contributed by atoms with van der Waals surface area (Å²) >= 11 is 0. The van der Waals surface area contributed by atoms with Crippen molar-refractivity contribution in [2.45, 2.75) is 139 Å². The normalized spacial score (nSPS) is 15.7. The summed E-state index contributed by atoms with van der Waals surface area (Å²) in [6.45, 7) is 7.52. The van der Waals surface area contributed by atoms with E-state index in [0.29, 0.717) is 194 Å². The fourth-order valence-corrected chi connectivity index (χ4v) is 13.8. The Bertz CT molecular complexity index is 4390. The lowest BCUT2D eigenvalue weighted by molar-refractivity contribution is -0.172. The molecule has 9 rings (SSSR count). The molecule has 626 valence electrons. The third-order valence-electron chi connectivity index (χ3n) is 19.4. The van der Waals surface area contributed by atoms with E-state index >= 15 is 4.39 Å². The Morgan fingerprint density at radius 1 is 0.696 bits per heavy atom. The summed E-state index contributed by atoms with van der Waals surface area (Å²) < 4.78 is 95.5. The smallest absolute Gasteiger partial charge is 0.343 e. The number of esters is 1. The summed E-state index contributed by atoms with van der Waals surface area (Å²) in [5.41, 5.74) is 2.32. The average molecular weight is 1630 g/mol. The first-order valence-electron chi connectivity index (χ1n) is 38.8. The minimum atomic E-state index is -3.56. The van der Waals surface area contributed by atoms with Crippen LogP contribution >= 0.6 is 0 Å². The predicted octanol–water partition coefficient (Wildman–Crippen LogP) is 0.862. The lowest BCUT2D eigenvalue weighted by atomic mass is 9.86. The summed E-state index contributed by atoms with van der Waals surface area (Å²) in [5, 5.41) is 33.7. The van der Waals surface area contributed by atoms with E-state index in [0.717, 1.165) is 11.8 Å². The molecule has 0 bridgehead atoms. The molecule has 115 heavy (non-hydrogen) atoms. The van der Waals surface area contributed by atoms with Crippen molar-refractivity contribution in [3.63, 3.8) is 0 Å². The molecule has 1 fully saturated rings. The highest BCUT2D eigenvalue weighted by atomic mass is 32.2. The highest BCUT2D eigenvalue weighted by Gasteiger charge is 2.46. The standard InChI is InChI=1S/C79H105FN12O22S/c1-5-79(102)59-41-64-71-57(48-92(64)76(100)58(59)49-113-77(79)101)69(70-56-18-13-17-55(56)60(80)42-62(70)91-71)51(2)89-75(99)72(54-19-20-54)114-50-88-67(95)46-85-74(98)63(40-52-14-10-8-11-15-52)90-68(96)47-84-66(94)45-83-65(93)22-21-61(81-23-12-7-6-9-16-53-43-86-78(87-44-53)115(4,103)104)73(97)82-24-25-106-28-29-108-32-33-110-36-37-112-39-38-111-35-34-109-31-30-107-27-26-105-3/h8,10-11,14-15,41-44,51,54,61,63,72,81,102H,5-7,12-13,17-40,45-50H2,1-4H3,(H,82,97)(H,83,93)(H,84,94)(H,85,98)(H,88,95)(H,89,99)(H,90,96)/t51-,61-,63-,72-,79-/m0/s1. The number of nitrogens with one attached hydrogen (secondary N) is 8. The van der Waals surface area contributed by atoms with Crippen LogP contribution in [0.2, 0.25) is 0 Å². The van der Waals surface area contributed by atoms with Crippen molar-refractivity contribution in [1.29, 1.82) is 0 Å². The molecule has 2 aromatic carbocycles. The van der Waals surface area contributed by atoms with Crippen LogP contribution in [-0.4, -0.2) is 250 Å². The molecule has 7 amide bonds. The van der Waals surface area contributed by atoms with E-state index in [4.69, 9.17) is 52.4 Å². The number of carbonyl (C=O) groups excluding carboxylic acids is 8. The molecule has 9 N–H and O–H groups in total. The number of methoxy groups -OCH3 is 1. The van der Waals surface area contributed by atoms with Crippen molar-refractivity contribution in [3.05, 3.63) is 116 Å². The molecule has 2 aliphatic carbocycles. The number of rotatable bonds is 52. The molecule has 5 aromatic rings. The Morgan fingerprint density at radius 2 is 1.30 bits per heavy atom. The number of pyridine rings is 2. The first kappa shape index (κ1) is 89.6. The zero-order valence-electron chi connectivity index (χ0n) is 65.4. The van der Waals surface area contributed by atoms with Gasteiger partial charge in [-0.25, -0.2) is 32.6 Å². The number of benzene rings is 2. The average Bonchev–Trinajstić information content (AvgIpc) is 1.58. The van der Waals surface area contributed by atoms with Crippen LogP contribution in [0, 0.1) is 23.6 Å². The maximum Gasteiger partial charge on any atom is 0.343 e. The van der Waals surface area contributed by atoms with E-state index in [2.05, 4.69) is 64.3 Å². The Morgan fingerprint density at radius 3 is 1.93 bits per heavy atom. The fraction of sp³-hybridized carbons (Fsp3) is 0.570. The number of fused-ring (bicyclic) bond motifs is 7. The van der Waals surface area contributed by atoms with Crippen LogP contribution in [0.5, 0.6) is 0 Å². The minimum absolute atomic E-state index is 0.00898. The number of ether oxygens (including phenoxy) is 10. The molecule has 0 radical (unpaired) electrons. The maximum atomic E-state index is 15.8. The van der Waals surface area contributed by atoms with Crippen molar-refractivity contribution in [2.75, 3.05) is 152 Å². The number of nitrogens with zero attached hydrogens (tertiary/aromatic N) is 4. The number of sulfone groups is 1. The van der Waals surface area contributed by atoms with Crippen molar-refractivity contribution >= 4 is 68.1 Å². The van der Waals surface area contributed by atoms with Gasteiger partial charge in [-0.3, -0.25) is 38.4 Å². The van der Waals surface area contributed by atoms with Gasteiger partial charge < -0.3 is 99.6 Å². The summed E-state index contributed by atoms with van der Waals surface area (Å²) in [4.78, 5) is 134. The molecule has 2 aliphatic heterocycles. The van der Waals surface area contributed by atoms with Crippen molar-refractivity contribution < 1.29 is 104 Å². The fourth-order valence-electron chi connectivity index (χ4n) is 13.3. The van der Waals surface area contributed by atoms with Crippen LogP contribution < -0.4 is 48.1 Å². The van der Waals surface area contributed by atoms with Crippen LogP contribution in [0.3, 0.4) is 0 Å². The van der Waals surface area contributed by atoms with Crippen molar-refractivity contribution in [1.82, 2.24) is 62.1 Å². The SMILES string of the molecule is CC[C@@]1(O)C(=O)OCc2c1cc1n(c2=O)Cc2c-1nc1cc(F)c3c(c1c2[C@H](C)NC(=O)[C@@H](OCNC(=O)CNC(=O)[C@H](Cc1ccccc1)NC(=O)CNC(=O)CNC(=O)CC[C@H](NCCCCC#Cc1cnc(S(C)(=O)=O)nc1)C(=O)NCCOCCOCCOCCOCCOCCOCCOCCOC)C1CC1)CCC3. The molecule has 3 aromatic heterocycles. The second kappa shape index (κ2) is 45.8. The van der Waals surface area contributed by atoms with Gasteiger partial charge in [-0.05, 0) is 105 Å². The third-order valence-corrected chi connectivity index (χ3v) is 20.3. The van der Waals surface area contributed by atoms with E-state index in [-0.39, 0.29) is 80.8 Å². The molecule has 36 heteroatoms. The highest BCUT2D eigenvalue weighted by Crippen LogP contribution is 2.45. The van der Waals surface area contributed by atoms with Gasteiger partial charge in [0.25, 0.3) is 5.56 Å². The number of cyclic esters (lactones) is 1. The number of halogens is 1. The van der Waals surface area contributed by atoms with E-state index in [1.54, 1.807) is 57.4 Å². The highest BCUT2D eigenvalue weighted by molar-refractivity contribution is 7.90. The summed E-state index contributed by atoms with van der Waals surface area (Å²) in [6.07, 6.45) is 7.20. The Hall–Kier alpha value is -9.36. The first-order chi connectivity index (χ1) is 55.6. The monoisotopic (exact) mass is 1620 g/mol. The molecule has 34 nitrogen and oxygen atoms in total. The van der Waals surface area contributed by atoms with Gasteiger partial charge in [-0.2, -0.15) is 0 Å². The lowest BCUT2D eigenvalue weighted by Crippen LogP contribution is -2.52. The first-order valence-corrected chi connectivity index (χ1v) is 40.7. The molecule has 5 atom stereocenters. The van der Waals surface area contributed by atoms with Gasteiger partial charge in [0.15, 0.2) is 5.60 Å². The quantitative estimate of drug-likeness (QED) is 0.00841. The van der Waals surface area contributed by atoms with Crippen molar-refractivity contribution in [3.8, 4) is 23.2 Å². The van der Waals surface area contributed by atoms with E-state index in [1.165, 1.54) is 23.0 Å². The minimum Gasteiger partial charge on any atom is -0.458 e. The van der Waals surface area contributed by atoms with Gasteiger partial charge in [0.05, 0.1) is 165 Å². The van der Waals surface area contributed by atoms with Crippen molar-refractivity contribution in [2.24, 2.45) is 5.92 Å². The van der Waals surface area contributed by atoms with Crippen LogP contribution in [0.25, 0.3) is 22.3 Å². The third kappa shape index (κ3) is 27.1. The molecule has 4 aliphatic rings. The summed E-state index contributed by atoms with van der Waals surface area (Å²) in [7, 11) is -1.95. The summed E-state index contributed by atoms with van der Waals surface area (Å²) in [5.74, 6) is 0.0367. The number of aromatic nitrogens is 4. The molecule has 0 unspecified atom stereocenters. The molecular weight excluding hydrogens is 1520 g/mol. The Kier molecular flexibility index (Phi) is 35.7. The number of hydrogen-bond donors (Lipinski definition) is 9. The topological polar surface area (TPSA) is 440 Å². The van der Waals surface area contributed by atoms with Gasteiger partial charge >= 0.3 is 5.97 Å². The predicted molar refractivity (Wildman–Crippen MR) is 412 cm³/mol. The zero-order chi connectivity index (χ0) is 82.1. The van der Waals surface area contributed by atoms with Gasteiger partial charge in [0.2, 0.25) is 56.3 Å². The second-order valence-corrected chi connectivity index (χ2v) is 29.8. The van der Waals surface area contributed by atoms with E-state index in [9.17, 15) is 56.7 Å². The number of aliphatic hydroxyl groups is 1. The van der Waals surface area contributed by atoms with Crippen LogP contribution in [0.15, 0.2) is 64.8 Å². The molecular formula is C79H105FN12O22S. The van der Waals surface area contributed by atoms with Gasteiger partial charge in [0.1, 0.15) is 31.3 Å². The lowest BCUT2D eigenvalue weighted by Gasteiger charge is -2.31. The molecule has 1 saturated carbocycles. The molecule has 0 spiro atoms. The number of amides is 7. The number of aryl methyl sites for hydroxylation is 1. The van der Waals surface area contributed by atoms with E-state index < -0.39 is 125 Å². The summed E-state index contributed by atoms with van der Waals surface area (Å²) in [6, 6.07) is 8.85. The Labute approximate surface area is 666 Å².